The molecule has 0 aliphatic rings. The zero-order valence-electron chi connectivity index (χ0n) is 11.0. The summed E-state index contributed by atoms with van der Waals surface area (Å²) in [4.78, 5) is 3.69. The summed E-state index contributed by atoms with van der Waals surface area (Å²) in [5.74, 6) is 0. The quantitative estimate of drug-likeness (QED) is 0.885. The molecular formula is C14H11Cl2F3N2O. The van der Waals surface area contributed by atoms with Gasteiger partial charge >= 0.3 is 6.18 Å². The fourth-order valence-electron chi connectivity index (χ4n) is 1.89. The summed E-state index contributed by atoms with van der Waals surface area (Å²) < 4.78 is 38.7. The Morgan fingerprint density at radius 1 is 1.14 bits per heavy atom. The van der Waals surface area contributed by atoms with E-state index in [1.807, 2.05) is 0 Å². The van der Waals surface area contributed by atoms with Crippen molar-refractivity contribution in [3.05, 3.63) is 52.3 Å². The Morgan fingerprint density at radius 3 is 2.27 bits per heavy atom. The number of alkyl halides is 3. The van der Waals surface area contributed by atoms with E-state index in [4.69, 9.17) is 28.9 Å². The van der Waals surface area contributed by atoms with Crippen molar-refractivity contribution in [1.82, 2.24) is 4.98 Å². The smallest absolute Gasteiger partial charge is 0.374 e. The second-order valence-corrected chi connectivity index (χ2v) is 5.46. The molecule has 0 aliphatic heterocycles. The standard InChI is InChI=1S/C14H11Cl2F3N2O/c15-9-2-3-10(11(16)5-9)8-1-4-12(21-6-8)13(22,7-20)14(17,18)19/h1-6,22H,7,20H2. The zero-order valence-corrected chi connectivity index (χ0v) is 12.5. The van der Waals surface area contributed by atoms with Crippen LogP contribution in [0.2, 0.25) is 10.0 Å². The van der Waals surface area contributed by atoms with Crippen LogP contribution in [0.3, 0.4) is 0 Å². The Balaban J connectivity index is 2.42. The van der Waals surface area contributed by atoms with Crippen LogP contribution in [0.25, 0.3) is 11.1 Å². The summed E-state index contributed by atoms with van der Waals surface area (Å²) in [6.07, 6.45) is -3.73. The van der Waals surface area contributed by atoms with Crippen LogP contribution in [0.4, 0.5) is 13.2 Å². The van der Waals surface area contributed by atoms with E-state index in [1.165, 1.54) is 18.3 Å². The molecule has 2 aromatic rings. The van der Waals surface area contributed by atoms with Crippen molar-refractivity contribution in [1.29, 1.82) is 0 Å². The highest BCUT2D eigenvalue weighted by molar-refractivity contribution is 6.36. The normalized spacial score (nSPS) is 14.7. The van der Waals surface area contributed by atoms with Crippen LogP contribution in [0, 0.1) is 0 Å². The molecule has 0 fully saturated rings. The third-order valence-electron chi connectivity index (χ3n) is 3.19. The molecule has 0 saturated heterocycles. The predicted octanol–water partition coefficient (Wildman–Crippen LogP) is 3.76. The van der Waals surface area contributed by atoms with Crippen molar-refractivity contribution in [3.63, 3.8) is 0 Å². The molecule has 2 rings (SSSR count). The molecule has 0 saturated carbocycles. The minimum absolute atomic E-state index is 0.340. The molecule has 3 nitrogen and oxygen atoms in total. The molecule has 3 N–H and O–H groups in total. The highest BCUT2D eigenvalue weighted by Crippen LogP contribution is 2.38. The minimum Gasteiger partial charge on any atom is -0.374 e. The van der Waals surface area contributed by atoms with Gasteiger partial charge in [-0.2, -0.15) is 13.2 Å². The van der Waals surface area contributed by atoms with Crippen LogP contribution in [-0.2, 0) is 5.60 Å². The third kappa shape index (κ3) is 3.05. The van der Waals surface area contributed by atoms with Crippen molar-refractivity contribution in [3.8, 4) is 11.1 Å². The number of halogens is 5. The summed E-state index contributed by atoms with van der Waals surface area (Å²) >= 11 is 11.8. The number of rotatable bonds is 3. The number of benzene rings is 1. The first-order valence-electron chi connectivity index (χ1n) is 6.10. The van der Waals surface area contributed by atoms with Gasteiger partial charge in [-0.3, -0.25) is 4.98 Å². The number of nitrogens with zero attached hydrogens (tertiary/aromatic N) is 1. The lowest BCUT2D eigenvalue weighted by molar-refractivity contribution is -0.263. The lowest BCUT2D eigenvalue weighted by Crippen LogP contribution is -2.48. The number of hydrogen-bond donors (Lipinski definition) is 2. The monoisotopic (exact) mass is 350 g/mol. The van der Waals surface area contributed by atoms with Gasteiger partial charge in [0.05, 0.1) is 5.69 Å². The van der Waals surface area contributed by atoms with Crippen molar-refractivity contribution in [2.24, 2.45) is 5.73 Å². The average Bonchev–Trinajstić information content (AvgIpc) is 2.45. The molecule has 1 heterocycles. The lowest BCUT2D eigenvalue weighted by atomic mass is 9.97. The van der Waals surface area contributed by atoms with Crippen molar-refractivity contribution >= 4 is 23.2 Å². The van der Waals surface area contributed by atoms with Gasteiger partial charge in [-0.05, 0) is 18.2 Å². The van der Waals surface area contributed by atoms with Gasteiger partial charge in [0.1, 0.15) is 0 Å². The van der Waals surface area contributed by atoms with E-state index < -0.39 is 24.0 Å². The van der Waals surface area contributed by atoms with Crippen molar-refractivity contribution in [2.75, 3.05) is 6.54 Å². The molecule has 1 atom stereocenters. The summed E-state index contributed by atoms with van der Waals surface area (Å²) in [6.45, 7) is -1.02. The maximum Gasteiger partial charge on any atom is 0.424 e. The van der Waals surface area contributed by atoms with E-state index in [0.29, 0.717) is 21.2 Å². The predicted molar refractivity (Wildman–Crippen MR) is 78.7 cm³/mol. The molecule has 0 amide bonds. The van der Waals surface area contributed by atoms with Gasteiger partial charge in [-0.1, -0.05) is 35.3 Å². The minimum atomic E-state index is -4.92. The van der Waals surface area contributed by atoms with Crippen LogP contribution >= 0.6 is 23.2 Å². The van der Waals surface area contributed by atoms with Crippen LogP contribution in [0.1, 0.15) is 5.69 Å². The molecule has 0 aliphatic carbocycles. The third-order valence-corrected chi connectivity index (χ3v) is 3.74. The SMILES string of the molecule is NCC(O)(c1ccc(-c2ccc(Cl)cc2Cl)cn1)C(F)(F)F. The molecule has 1 aromatic heterocycles. The lowest BCUT2D eigenvalue weighted by Gasteiger charge is -2.28. The first kappa shape index (κ1) is 17.0. The fourth-order valence-corrected chi connectivity index (χ4v) is 2.40. The fraction of sp³-hybridized carbons (Fsp3) is 0.214. The molecule has 0 spiro atoms. The van der Waals surface area contributed by atoms with Crippen LogP contribution in [0.5, 0.6) is 0 Å². The van der Waals surface area contributed by atoms with E-state index in [1.54, 1.807) is 12.1 Å². The number of pyridine rings is 1. The molecule has 0 bridgehead atoms. The molecule has 1 aromatic carbocycles. The van der Waals surface area contributed by atoms with Gasteiger partial charge < -0.3 is 10.8 Å². The maximum absolute atomic E-state index is 12.9. The Bertz CT molecular complexity index is 677. The Kier molecular flexibility index (Phi) is 4.67. The topological polar surface area (TPSA) is 59.1 Å². The highest BCUT2D eigenvalue weighted by Gasteiger charge is 2.55. The highest BCUT2D eigenvalue weighted by atomic mass is 35.5. The van der Waals surface area contributed by atoms with E-state index in [2.05, 4.69) is 4.98 Å². The van der Waals surface area contributed by atoms with Gasteiger partial charge in [-0.15, -0.1) is 0 Å². The molecule has 118 valence electrons. The molecule has 8 heteroatoms. The van der Waals surface area contributed by atoms with E-state index in [0.717, 1.165) is 6.07 Å². The number of nitrogens with two attached hydrogens (primary N) is 1. The van der Waals surface area contributed by atoms with Gasteiger partial charge in [0, 0.05) is 33.9 Å². The zero-order chi connectivity index (χ0) is 16.5. The number of aliphatic hydroxyl groups is 1. The molecular weight excluding hydrogens is 340 g/mol. The first-order chi connectivity index (χ1) is 10.2. The van der Waals surface area contributed by atoms with Crippen LogP contribution in [0.15, 0.2) is 36.5 Å². The largest absolute Gasteiger partial charge is 0.424 e. The second kappa shape index (κ2) is 6.04. The number of aromatic nitrogens is 1. The van der Waals surface area contributed by atoms with E-state index in [9.17, 15) is 18.3 Å². The molecule has 22 heavy (non-hydrogen) atoms. The Labute approximate surface area is 134 Å². The second-order valence-electron chi connectivity index (χ2n) is 4.62. The Morgan fingerprint density at radius 2 is 1.82 bits per heavy atom. The van der Waals surface area contributed by atoms with E-state index >= 15 is 0 Å². The van der Waals surface area contributed by atoms with Crippen molar-refractivity contribution < 1.29 is 18.3 Å². The van der Waals surface area contributed by atoms with Gasteiger partial charge in [0.15, 0.2) is 0 Å². The summed E-state index contributed by atoms with van der Waals surface area (Å²) in [7, 11) is 0. The van der Waals surface area contributed by atoms with Gasteiger partial charge in [-0.25, -0.2) is 0 Å². The summed E-state index contributed by atoms with van der Waals surface area (Å²) in [5.41, 5.74) is 2.37. The van der Waals surface area contributed by atoms with E-state index in [-0.39, 0.29) is 0 Å². The maximum atomic E-state index is 12.9. The van der Waals surface area contributed by atoms with Gasteiger partial charge in [0.25, 0.3) is 0 Å². The molecule has 0 radical (unpaired) electrons. The number of hydrogen-bond acceptors (Lipinski definition) is 3. The molecule has 1 unspecified atom stereocenters. The van der Waals surface area contributed by atoms with Crippen LogP contribution < -0.4 is 5.73 Å². The van der Waals surface area contributed by atoms with Crippen LogP contribution in [-0.4, -0.2) is 22.8 Å². The van der Waals surface area contributed by atoms with Gasteiger partial charge in [0.2, 0.25) is 5.60 Å². The first-order valence-corrected chi connectivity index (χ1v) is 6.86. The Hall–Kier alpha value is -1.34. The average molecular weight is 351 g/mol. The van der Waals surface area contributed by atoms with Crippen molar-refractivity contribution in [2.45, 2.75) is 11.8 Å². The summed E-state index contributed by atoms with van der Waals surface area (Å²) in [6, 6.07) is 7.19. The summed E-state index contributed by atoms with van der Waals surface area (Å²) in [5, 5.41) is 10.5.